The fourth-order valence-electron chi connectivity index (χ4n) is 0.825. The Hall–Kier alpha value is -1.36. The molecule has 1 aromatic rings. The van der Waals surface area contributed by atoms with Gasteiger partial charge in [0.2, 0.25) is 0 Å². The molecule has 0 bridgehead atoms. The number of ether oxygens (including phenoxy) is 1. The molecule has 0 atom stereocenters. The molecule has 0 radical (unpaired) electrons. The quantitative estimate of drug-likeness (QED) is 0.645. The number of nitrogens with zero attached hydrogens (tertiary/aromatic N) is 1. The molecular formula is C9H9BrN2O2. The fraction of sp³-hybridized carbons (Fsp3) is 0.111. The molecule has 0 aliphatic heterocycles. The zero-order valence-electron chi connectivity index (χ0n) is 7.53. The van der Waals surface area contributed by atoms with Crippen LogP contribution < -0.4 is 5.73 Å². The minimum atomic E-state index is -0.427. The summed E-state index contributed by atoms with van der Waals surface area (Å²) in [6.07, 6.45) is 4.43. The predicted molar refractivity (Wildman–Crippen MR) is 57.4 cm³/mol. The van der Waals surface area contributed by atoms with Crippen LogP contribution in [-0.4, -0.2) is 18.1 Å². The summed E-state index contributed by atoms with van der Waals surface area (Å²) in [5.41, 5.74) is 6.25. The van der Waals surface area contributed by atoms with E-state index in [1.807, 2.05) is 0 Å². The number of hydrogen-bond acceptors (Lipinski definition) is 4. The first-order chi connectivity index (χ1) is 6.63. The topological polar surface area (TPSA) is 65.2 Å². The molecular weight excluding hydrogens is 248 g/mol. The monoisotopic (exact) mass is 256 g/mol. The van der Waals surface area contributed by atoms with Crippen LogP contribution in [-0.2, 0) is 9.53 Å². The summed E-state index contributed by atoms with van der Waals surface area (Å²) in [5.74, 6) is -0.0577. The van der Waals surface area contributed by atoms with Crippen LogP contribution in [0.1, 0.15) is 5.56 Å². The van der Waals surface area contributed by atoms with Crippen LogP contribution in [0.2, 0.25) is 0 Å². The molecule has 0 aliphatic carbocycles. The molecule has 0 saturated heterocycles. The molecule has 14 heavy (non-hydrogen) atoms. The number of hydrogen-bond donors (Lipinski definition) is 1. The number of anilines is 1. The number of aromatic nitrogens is 1. The Labute approximate surface area is 89.9 Å². The smallest absolute Gasteiger partial charge is 0.330 e. The van der Waals surface area contributed by atoms with Crippen LogP contribution in [0.3, 0.4) is 0 Å². The molecule has 1 aromatic heterocycles. The van der Waals surface area contributed by atoms with Crippen molar-refractivity contribution in [3.63, 3.8) is 0 Å². The second kappa shape index (κ2) is 4.76. The number of pyridine rings is 1. The van der Waals surface area contributed by atoms with Crippen molar-refractivity contribution in [2.75, 3.05) is 12.8 Å². The minimum absolute atomic E-state index is 0.369. The summed E-state index contributed by atoms with van der Waals surface area (Å²) in [5, 5.41) is 0. The number of nitrogens with two attached hydrogens (primary N) is 1. The van der Waals surface area contributed by atoms with Gasteiger partial charge in [0.15, 0.2) is 0 Å². The highest BCUT2D eigenvalue weighted by Gasteiger charge is 1.98. The third-order valence-electron chi connectivity index (χ3n) is 1.52. The van der Waals surface area contributed by atoms with Crippen molar-refractivity contribution in [3.8, 4) is 0 Å². The number of carbonyl (C=O) groups excluding carboxylic acids is 1. The Bertz CT molecular complexity index is 377. The van der Waals surface area contributed by atoms with E-state index >= 15 is 0 Å². The van der Waals surface area contributed by atoms with E-state index in [1.54, 1.807) is 18.3 Å². The van der Waals surface area contributed by atoms with Crippen molar-refractivity contribution in [1.29, 1.82) is 0 Å². The van der Waals surface area contributed by atoms with Crippen molar-refractivity contribution >= 4 is 33.8 Å². The number of carbonyl (C=O) groups is 1. The SMILES string of the molecule is COC(=O)/C=C\c1cc(Br)cnc1N. The first kappa shape index (κ1) is 10.7. The Morgan fingerprint density at radius 2 is 2.43 bits per heavy atom. The molecule has 0 aromatic carbocycles. The van der Waals surface area contributed by atoms with E-state index in [1.165, 1.54) is 13.2 Å². The molecule has 1 rings (SSSR count). The van der Waals surface area contributed by atoms with E-state index in [9.17, 15) is 4.79 Å². The molecule has 0 spiro atoms. The van der Waals surface area contributed by atoms with Gasteiger partial charge < -0.3 is 10.5 Å². The van der Waals surface area contributed by atoms with Gasteiger partial charge in [-0.25, -0.2) is 9.78 Å². The third kappa shape index (κ3) is 2.85. The van der Waals surface area contributed by atoms with Gasteiger partial charge >= 0.3 is 5.97 Å². The van der Waals surface area contributed by atoms with Crippen molar-refractivity contribution in [1.82, 2.24) is 4.98 Å². The summed E-state index contributed by atoms with van der Waals surface area (Å²) in [7, 11) is 1.31. The van der Waals surface area contributed by atoms with Gasteiger partial charge in [0.25, 0.3) is 0 Å². The van der Waals surface area contributed by atoms with E-state index in [4.69, 9.17) is 5.73 Å². The summed E-state index contributed by atoms with van der Waals surface area (Å²) in [4.78, 5) is 14.7. The van der Waals surface area contributed by atoms with Gasteiger partial charge in [-0.3, -0.25) is 0 Å². The van der Waals surface area contributed by atoms with Crippen molar-refractivity contribution in [2.45, 2.75) is 0 Å². The Balaban J connectivity index is 2.90. The van der Waals surface area contributed by atoms with Crippen molar-refractivity contribution in [2.24, 2.45) is 0 Å². The summed E-state index contributed by atoms with van der Waals surface area (Å²) in [6, 6.07) is 1.77. The molecule has 74 valence electrons. The molecule has 0 saturated carbocycles. The van der Waals surface area contributed by atoms with Crippen LogP contribution in [0.4, 0.5) is 5.82 Å². The van der Waals surface area contributed by atoms with Crippen molar-refractivity contribution in [3.05, 3.63) is 28.4 Å². The van der Waals surface area contributed by atoms with Gasteiger partial charge in [0.05, 0.1) is 7.11 Å². The normalized spacial score (nSPS) is 10.4. The van der Waals surface area contributed by atoms with Crippen LogP contribution in [0.15, 0.2) is 22.8 Å². The molecule has 0 fully saturated rings. The molecule has 2 N–H and O–H groups in total. The second-order valence-corrected chi connectivity index (χ2v) is 3.40. The number of rotatable bonds is 2. The lowest BCUT2D eigenvalue weighted by atomic mass is 10.2. The molecule has 1 heterocycles. The maximum absolute atomic E-state index is 10.8. The Morgan fingerprint density at radius 3 is 3.07 bits per heavy atom. The van der Waals surface area contributed by atoms with Crippen LogP contribution >= 0.6 is 15.9 Å². The fourth-order valence-corrected chi connectivity index (χ4v) is 1.17. The van der Waals surface area contributed by atoms with Gasteiger partial charge in [-0.1, -0.05) is 0 Å². The van der Waals surface area contributed by atoms with Gasteiger partial charge in [-0.15, -0.1) is 0 Å². The van der Waals surface area contributed by atoms with Gasteiger partial charge in [-0.05, 0) is 28.1 Å². The summed E-state index contributed by atoms with van der Waals surface area (Å²) >= 11 is 3.25. The van der Waals surface area contributed by atoms with Gasteiger partial charge in [0.1, 0.15) is 5.82 Å². The van der Waals surface area contributed by atoms with E-state index in [0.717, 1.165) is 4.47 Å². The molecule has 4 nitrogen and oxygen atoms in total. The molecule has 5 heteroatoms. The Morgan fingerprint density at radius 1 is 1.71 bits per heavy atom. The van der Waals surface area contributed by atoms with Crippen LogP contribution in [0.25, 0.3) is 6.08 Å². The number of esters is 1. The second-order valence-electron chi connectivity index (χ2n) is 2.48. The lowest BCUT2D eigenvalue weighted by Crippen LogP contribution is -1.96. The first-order valence-corrected chi connectivity index (χ1v) is 4.60. The largest absolute Gasteiger partial charge is 0.466 e. The maximum Gasteiger partial charge on any atom is 0.330 e. The standard InChI is InChI=1S/C9H9BrN2O2/c1-14-8(13)3-2-6-4-7(10)5-12-9(6)11/h2-5H,1H3,(H2,11,12)/b3-2-. The molecule has 0 aliphatic rings. The first-order valence-electron chi connectivity index (χ1n) is 3.80. The lowest BCUT2D eigenvalue weighted by molar-refractivity contribution is -0.134. The van der Waals surface area contributed by atoms with Crippen molar-refractivity contribution < 1.29 is 9.53 Å². The molecule has 0 amide bonds. The Kier molecular flexibility index (Phi) is 3.64. The third-order valence-corrected chi connectivity index (χ3v) is 1.95. The van der Waals surface area contributed by atoms with Gasteiger partial charge in [-0.2, -0.15) is 0 Å². The van der Waals surface area contributed by atoms with Crippen LogP contribution in [0, 0.1) is 0 Å². The zero-order chi connectivity index (χ0) is 10.6. The summed E-state index contributed by atoms with van der Waals surface area (Å²) < 4.78 is 5.25. The highest BCUT2D eigenvalue weighted by Crippen LogP contribution is 2.16. The van der Waals surface area contributed by atoms with E-state index in [-0.39, 0.29) is 0 Å². The highest BCUT2D eigenvalue weighted by molar-refractivity contribution is 9.10. The van der Waals surface area contributed by atoms with Gasteiger partial charge in [0, 0.05) is 22.3 Å². The number of nitrogen functional groups attached to an aromatic ring is 1. The van der Waals surface area contributed by atoms with E-state index < -0.39 is 5.97 Å². The lowest BCUT2D eigenvalue weighted by Gasteiger charge is -1.99. The average molecular weight is 257 g/mol. The summed E-state index contributed by atoms with van der Waals surface area (Å²) in [6.45, 7) is 0. The molecule has 0 unspecified atom stereocenters. The van der Waals surface area contributed by atoms with Crippen LogP contribution in [0.5, 0.6) is 0 Å². The van der Waals surface area contributed by atoms with E-state index in [0.29, 0.717) is 11.4 Å². The highest BCUT2D eigenvalue weighted by atomic mass is 79.9. The zero-order valence-corrected chi connectivity index (χ0v) is 9.11. The maximum atomic E-state index is 10.8. The van der Waals surface area contributed by atoms with E-state index in [2.05, 4.69) is 25.7 Å². The predicted octanol–water partition coefficient (Wildman–Crippen LogP) is 1.61. The minimum Gasteiger partial charge on any atom is -0.466 e. The average Bonchev–Trinajstić information content (AvgIpc) is 2.19. The number of methoxy groups -OCH3 is 1. The number of halogens is 1.